The number of amides is 1. The molecule has 5 nitrogen and oxygen atoms in total. The normalized spacial score (nSPS) is 23.7. The average Bonchev–Trinajstić information content (AvgIpc) is 3.54. The van der Waals surface area contributed by atoms with Crippen molar-refractivity contribution in [2.24, 2.45) is 11.8 Å². The largest absolute Gasteiger partial charge is 0.497 e. The van der Waals surface area contributed by atoms with Crippen molar-refractivity contribution < 1.29 is 14.3 Å². The number of rotatable bonds is 5. The summed E-state index contributed by atoms with van der Waals surface area (Å²) in [6, 6.07) is 16.0. The molecule has 1 saturated carbocycles. The smallest absolute Gasteiger partial charge is 0.407 e. The summed E-state index contributed by atoms with van der Waals surface area (Å²) < 4.78 is 10.8. The van der Waals surface area contributed by atoms with Gasteiger partial charge in [0.25, 0.3) is 0 Å². The quantitative estimate of drug-likeness (QED) is 0.818. The zero-order chi connectivity index (χ0) is 18.8. The van der Waals surface area contributed by atoms with Crippen molar-refractivity contribution in [2.75, 3.05) is 12.4 Å². The molecule has 27 heavy (non-hydrogen) atoms. The van der Waals surface area contributed by atoms with Crippen molar-refractivity contribution in [2.45, 2.75) is 38.5 Å². The van der Waals surface area contributed by atoms with Gasteiger partial charge in [0, 0.05) is 23.7 Å². The molecule has 2 aromatic rings. The molecule has 3 atom stereocenters. The molecular weight excluding hydrogens is 340 g/mol. The van der Waals surface area contributed by atoms with Gasteiger partial charge in [0.2, 0.25) is 0 Å². The highest BCUT2D eigenvalue weighted by atomic mass is 16.5. The van der Waals surface area contributed by atoms with Gasteiger partial charge in [-0.3, -0.25) is 0 Å². The molecule has 5 heteroatoms. The van der Waals surface area contributed by atoms with E-state index in [2.05, 4.69) is 17.6 Å². The molecule has 1 unspecified atom stereocenters. The molecule has 0 radical (unpaired) electrons. The SMILES string of the molecule is COc1ccc2c(c1)N[C@@H](C1CC1)[C@H](C)C2NC(=O)OCc1ccccc1. The molecule has 0 aromatic heterocycles. The van der Waals surface area contributed by atoms with E-state index in [9.17, 15) is 4.79 Å². The van der Waals surface area contributed by atoms with E-state index in [0.29, 0.717) is 12.0 Å². The molecule has 2 N–H and O–H groups in total. The molecule has 1 aliphatic heterocycles. The maximum absolute atomic E-state index is 12.5. The van der Waals surface area contributed by atoms with Gasteiger partial charge in [-0.25, -0.2) is 4.79 Å². The molecule has 0 bridgehead atoms. The Bertz CT molecular complexity index is 804. The van der Waals surface area contributed by atoms with Crippen molar-refractivity contribution in [1.29, 1.82) is 0 Å². The second-order valence-electron chi connectivity index (χ2n) is 7.50. The maximum atomic E-state index is 12.5. The zero-order valence-corrected chi connectivity index (χ0v) is 15.8. The van der Waals surface area contributed by atoms with Crippen LogP contribution in [-0.4, -0.2) is 19.2 Å². The van der Waals surface area contributed by atoms with Crippen LogP contribution in [0.5, 0.6) is 5.75 Å². The minimum Gasteiger partial charge on any atom is -0.497 e. The summed E-state index contributed by atoms with van der Waals surface area (Å²) in [5, 5.41) is 6.78. The minimum absolute atomic E-state index is 0.0824. The number of anilines is 1. The summed E-state index contributed by atoms with van der Waals surface area (Å²) in [6.45, 7) is 2.47. The summed E-state index contributed by atoms with van der Waals surface area (Å²) >= 11 is 0. The van der Waals surface area contributed by atoms with Crippen molar-refractivity contribution in [3.05, 3.63) is 59.7 Å². The first-order valence-electron chi connectivity index (χ1n) is 9.57. The van der Waals surface area contributed by atoms with Crippen LogP contribution in [0.4, 0.5) is 10.5 Å². The van der Waals surface area contributed by atoms with Crippen molar-refractivity contribution in [3.8, 4) is 5.75 Å². The maximum Gasteiger partial charge on any atom is 0.407 e. The first-order chi connectivity index (χ1) is 13.2. The van der Waals surface area contributed by atoms with E-state index in [1.165, 1.54) is 12.8 Å². The average molecular weight is 366 g/mol. The molecule has 1 heterocycles. The predicted octanol–water partition coefficient (Wildman–Crippen LogP) is 4.50. The Kier molecular flexibility index (Phi) is 4.92. The highest BCUT2D eigenvalue weighted by Gasteiger charge is 2.42. The Hall–Kier alpha value is -2.69. The molecule has 0 saturated heterocycles. The van der Waals surface area contributed by atoms with Gasteiger partial charge in [-0.1, -0.05) is 43.3 Å². The van der Waals surface area contributed by atoms with E-state index in [4.69, 9.17) is 9.47 Å². The molecule has 1 fully saturated rings. The van der Waals surface area contributed by atoms with Gasteiger partial charge in [0.05, 0.1) is 13.2 Å². The third-order valence-corrected chi connectivity index (χ3v) is 5.63. The Labute approximate surface area is 160 Å². The van der Waals surface area contributed by atoms with E-state index in [1.54, 1.807) is 7.11 Å². The predicted molar refractivity (Wildman–Crippen MR) is 105 cm³/mol. The molecule has 1 aliphatic carbocycles. The van der Waals surface area contributed by atoms with Gasteiger partial charge in [-0.15, -0.1) is 0 Å². The van der Waals surface area contributed by atoms with E-state index in [1.807, 2.05) is 48.5 Å². The topological polar surface area (TPSA) is 59.6 Å². The van der Waals surface area contributed by atoms with Crippen LogP contribution in [0.2, 0.25) is 0 Å². The number of ether oxygens (including phenoxy) is 2. The number of benzene rings is 2. The van der Waals surface area contributed by atoms with Crippen LogP contribution < -0.4 is 15.4 Å². The first kappa shape index (κ1) is 17.7. The first-order valence-corrected chi connectivity index (χ1v) is 9.57. The summed E-state index contributed by atoms with van der Waals surface area (Å²) in [6.07, 6.45) is 2.10. The van der Waals surface area contributed by atoms with Gasteiger partial charge >= 0.3 is 6.09 Å². The lowest BCUT2D eigenvalue weighted by Crippen LogP contribution is -2.45. The molecule has 1 amide bonds. The fourth-order valence-corrected chi connectivity index (χ4v) is 3.96. The molecule has 142 valence electrons. The summed E-state index contributed by atoms with van der Waals surface area (Å²) in [4.78, 5) is 12.5. The van der Waals surface area contributed by atoms with E-state index < -0.39 is 0 Å². The lowest BCUT2D eigenvalue weighted by molar-refractivity contribution is 0.130. The third kappa shape index (κ3) is 3.87. The van der Waals surface area contributed by atoms with E-state index in [0.717, 1.165) is 22.6 Å². The van der Waals surface area contributed by atoms with Crippen molar-refractivity contribution >= 4 is 11.8 Å². The number of hydrogen-bond donors (Lipinski definition) is 2. The standard InChI is InChI=1S/C22H26N2O3/c1-14-20(16-8-9-16)23-19-12-17(26-2)10-11-18(19)21(14)24-22(25)27-13-15-6-4-3-5-7-15/h3-7,10-12,14,16,20-21,23H,8-9,13H2,1-2H3,(H,24,25)/t14-,20+,21?/m0/s1. The summed E-state index contributed by atoms with van der Waals surface area (Å²) in [5.41, 5.74) is 3.10. The fraction of sp³-hybridized carbons (Fsp3) is 0.409. The van der Waals surface area contributed by atoms with Gasteiger partial charge in [0.15, 0.2) is 0 Å². The Balaban J connectivity index is 1.50. The lowest BCUT2D eigenvalue weighted by atomic mass is 9.81. The third-order valence-electron chi connectivity index (χ3n) is 5.63. The number of fused-ring (bicyclic) bond motifs is 1. The second kappa shape index (κ2) is 7.51. The summed E-state index contributed by atoms with van der Waals surface area (Å²) in [5.74, 6) is 1.77. The number of alkyl carbamates (subject to hydrolysis) is 1. The van der Waals surface area contributed by atoms with Gasteiger partial charge in [-0.05, 0) is 36.0 Å². The fourth-order valence-electron chi connectivity index (χ4n) is 3.96. The number of hydrogen-bond acceptors (Lipinski definition) is 4. The van der Waals surface area contributed by atoms with Crippen LogP contribution in [0, 0.1) is 11.8 Å². The number of methoxy groups -OCH3 is 1. The van der Waals surface area contributed by atoms with Crippen LogP contribution in [0.3, 0.4) is 0 Å². The number of nitrogens with one attached hydrogen (secondary N) is 2. The Morgan fingerprint density at radius 3 is 2.67 bits per heavy atom. The molecule has 4 rings (SSSR count). The number of carbonyl (C=O) groups is 1. The minimum atomic E-state index is -0.381. The molecule has 2 aromatic carbocycles. The highest BCUT2D eigenvalue weighted by Crippen LogP contribution is 2.46. The van der Waals surface area contributed by atoms with E-state index >= 15 is 0 Å². The summed E-state index contributed by atoms with van der Waals surface area (Å²) in [7, 11) is 1.67. The van der Waals surface area contributed by atoms with Crippen LogP contribution in [-0.2, 0) is 11.3 Å². The Morgan fingerprint density at radius 1 is 1.19 bits per heavy atom. The second-order valence-corrected chi connectivity index (χ2v) is 7.50. The highest BCUT2D eigenvalue weighted by molar-refractivity contribution is 5.70. The number of carbonyl (C=O) groups excluding carboxylic acids is 1. The molecule has 0 spiro atoms. The van der Waals surface area contributed by atoms with Gasteiger partial charge < -0.3 is 20.1 Å². The van der Waals surface area contributed by atoms with E-state index in [-0.39, 0.29) is 24.7 Å². The Morgan fingerprint density at radius 2 is 1.96 bits per heavy atom. The molecular formula is C22H26N2O3. The van der Waals surface area contributed by atoms with Crippen LogP contribution in [0.1, 0.15) is 36.9 Å². The monoisotopic (exact) mass is 366 g/mol. The zero-order valence-electron chi connectivity index (χ0n) is 15.8. The van der Waals surface area contributed by atoms with Crippen molar-refractivity contribution in [1.82, 2.24) is 5.32 Å². The van der Waals surface area contributed by atoms with Gasteiger partial charge in [0.1, 0.15) is 12.4 Å². The van der Waals surface area contributed by atoms with Crippen LogP contribution >= 0.6 is 0 Å². The molecule has 2 aliphatic rings. The van der Waals surface area contributed by atoms with Gasteiger partial charge in [-0.2, -0.15) is 0 Å². The van der Waals surface area contributed by atoms with Crippen molar-refractivity contribution in [3.63, 3.8) is 0 Å². The lowest BCUT2D eigenvalue weighted by Gasteiger charge is -2.39. The van der Waals surface area contributed by atoms with Crippen LogP contribution in [0.25, 0.3) is 0 Å². The van der Waals surface area contributed by atoms with Crippen LogP contribution in [0.15, 0.2) is 48.5 Å².